The molecule has 2 rings (SSSR count). The monoisotopic (exact) mass is 357 g/mol. The zero-order valence-electron chi connectivity index (χ0n) is 12.4. The van der Waals surface area contributed by atoms with Crippen LogP contribution in [0.15, 0.2) is 11.1 Å². The van der Waals surface area contributed by atoms with Gasteiger partial charge in [0.25, 0.3) is 10.0 Å². The van der Waals surface area contributed by atoms with E-state index in [-0.39, 0.29) is 19.6 Å². The van der Waals surface area contributed by atoms with Crippen LogP contribution in [0.5, 0.6) is 0 Å². The van der Waals surface area contributed by atoms with Crippen molar-refractivity contribution in [2.75, 3.05) is 19.8 Å². The van der Waals surface area contributed by atoms with Crippen LogP contribution in [0.25, 0.3) is 0 Å². The number of alkyl halides is 3. The number of halogens is 3. The minimum atomic E-state index is -4.72. The highest BCUT2D eigenvalue weighted by molar-refractivity contribution is 7.89. The number of aromatic nitrogens is 2. The fourth-order valence-corrected chi connectivity index (χ4v) is 3.54. The van der Waals surface area contributed by atoms with Crippen molar-refractivity contribution in [3.05, 3.63) is 11.8 Å². The number of rotatable bonds is 5. The summed E-state index contributed by atoms with van der Waals surface area (Å²) in [5.41, 5.74) is -2.40. The predicted octanol–water partition coefficient (Wildman–Crippen LogP) is 0.649. The van der Waals surface area contributed by atoms with E-state index in [1.54, 1.807) is 0 Å². The molecule has 7 nitrogen and oxygen atoms in total. The fraction of sp³-hybridized carbons (Fsp3) is 0.750. The lowest BCUT2D eigenvalue weighted by Gasteiger charge is -2.31. The molecule has 2 heterocycles. The van der Waals surface area contributed by atoms with Gasteiger partial charge in [0.2, 0.25) is 0 Å². The average Bonchev–Trinajstić information content (AvgIpc) is 2.82. The van der Waals surface area contributed by atoms with Gasteiger partial charge in [-0.15, -0.1) is 0 Å². The Bertz CT molecular complexity index is 651. The number of ether oxygens (including phenoxy) is 1. The van der Waals surface area contributed by atoms with Gasteiger partial charge in [0, 0.05) is 26.3 Å². The summed E-state index contributed by atoms with van der Waals surface area (Å²) in [7, 11) is -3.04. The topological polar surface area (TPSA) is 93.5 Å². The first-order valence-corrected chi connectivity index (χ1v) is 8.43. The van der Waals surface area contributed by atoms with E-state index in [4.69, 9.17) is 4.74 Å². The first-order valence-electron chi connectivity index (χ1n) is 6.95. The molecular formula is C12H18F3N3O4S. The maximum absolute atomic E-state index is 12.6. The summed E-state index contributed by atoms with van der Waals surface area (Å²) >= 11 is 0. The van der Waals surface area contributed by atoms with Gasteiger partial charge < -0.3 is 9.84 Å². The third-order valence-electron chi connectivity index (χ3n) is 3.59. The molecule has 1 aromatic heterocycles. The quantitative estimate of drug-likeness (QED) is 0.807. The van der Waals surface area contributed by atoms with Crippen molar-refractivity contribution >= 4 is 10.0 Å². The molecule has 1 atom stereocenters. The molecule has 11 heteroatoms. The number of hydrogen-bond donors (Lipinski definition) is 2. The van der Waals surface area contributed by atoms with Crippen molar-refractivity contribution in [2.45, 2.75) is 36.1 Å². The first-order chi connectivity index (χ1) is 10.5. The van der Waals surface area contributed by atoms with Gasteiger partial charge in [0.1, 0.15) is 0 Å². The third-order valence-corrected chi connectivity index (χ3v) is 5.10. The van der Waals surface area contributed by atoms with Gasteiger partial charge in [-0.05, 0) is 19.3 Å². The molecule has 0 unspecified atom stereocenters. The Balaban J connectivity index is 2.03. The highest BCUT2D eigenvalue weighted by Gasteiger charge is 2.37. The number of nitrogens with one attached hydrogen (secondary N) is 1. The molecule has 1 aliphatic rings. The fourth-order valence-electron chi connectivity index (χ4n) is 2.37. The molecule has 132 valence electrons. The highest BCUT2D eigenvalue weighted by Crippen LogP contribution is 2.29. The Kier molecular flexibility index (Phi) is 5.04. The molecule has 1 saturated heterocycles. The summed E-state index contributed by atoms with van der Waals surface area (Å²) in [4.78, 5) is 0. The summed E-state index contributed by atoms with van der Waals surface area (Å²) in [6.45, 7) is 0.538. The molecule has 1 aliphatic heterocycles. The number of aliphatic hydroxyl groups is 1. The molecule has 0 aliphatic carbocycles. The second kappa shape index (κ2) is 6.38. The number of hydrogen-bond acceptors (Lipinski definition) is 5. The van der Waals surface area contributed by atoms with E-state index in [2.05, 4.69) is 9.82 Å². The van der Waals surface area contributed by atoms with Crippen molar-refractivity contribution in [3.63, 3.8) is 0 Å². The van der Waals surface area contributed by atoms with Crippen LogP contribution in [-0.4, -0.2) is 48.7 Å². The van der Waals surface area contributed by atoms with Crippen LogP contribution in [0.3, 0.4) is 0 Å². The first kappa shape index (κ1) is 18.2. The SMILES string of the molecule is Cn1nc(C(F)(F)F)cc1S(=O)(=O)NCC[C@]1(O)CCCOC1. The van der Waals surface area contributed by atoms with Crippen molar-refractivity contribution in [1.29, 1.82) is 0 Å². The number of sulfonamides is 1. The van der Waals surface area contributed by atoms with E-state index < -0.39 is 32.5 Å². The molecule has 23 heavy (non-hydrogen) atoms. The minimum absolute atomic E-state index is 0.107. The van der Waals surface area contributed by atoms with Gasteiger partial charge in [-0.2, -0.15) is 18.3 Å². The summed E-state index contributed by atoms with van der Waals surface area (Å²) in [6.07, 6.45) is -3.46. The third kappa shape index (κ3) is 4.43. The Morgan fingerprint density at radius 1 is 1.52 bits per heavy atom. The Labute approximate surface area is 131 Å². The summed E-state index contributed by atoms with van der Waals surface area (Å²) in [5, 5.41) is 12.8. The predicted molar refractivity (Wildman–Crippen MR) is 73.0 cm³/mol. The van der Waals surface area contributed by atoms with E-state index in [1.807, 2.05) is 0 Å². The molecule has 0 saturated carbocycles. The normalized spacial score (nSPS) is 23.2. The zero-order chi connectivity index (χ0) is 17.3. The van der Waals surface area contributed by atoms with Gasteiger partial charge in [0.05, 0.1) is 12.2 Å². The van der Waals surface area contributed by atoms with Gasteiger partial charge in [0.15, 0.2) is 10.7 Å². The minimum Gasteiger partial charge on any atom is -0.387 e. The Morgan fingerprint density at radius 3 is 2.74 bits per heavy atom. The molecule has 0 amide bonds. The van der Waals surface area contributed by atoms with Crippen molar-refractivity contribution in [1.82, 2.24) is 14.5 Å². The van der Waals surface area contributed by atoms with Crippen LogP contribution >= 0.6 is 0 Å². The lowest BCUT2D eigenvalue weighted by atomic mass is 9.93. The van der Waals surface area contributed by atoms with Gasteiger partial charge in [-0.1, -0.05) is 0 Å². The van der Waals surface area contributed by atoms with Gasteiger partial charge in [-0.3, -0.25) is 4.68 Å². The van der Waals surface area contributed by atoms with E-state index in [0.29, 0.717) is 30.2 Å². The van der Waals surface area contributed by atoms with E-state index in [0.717, 1.165) is 7.05 Å². The smallest absolute Gasteiger partial charge is 0.387 e. The van der Waals surface area contributed by atoms with E-state index in [9.17, 15) is 26.7 Å². The van der Waals surface area contributed by atoms with Crippen LogP contribution in [0.4, 0.5) is 13.2 Å². The van der Waals surface area contributed by atoms with Crippen LogP contribution in [0, 0.1) is 0 Å². The van der Waals surface area contributed by atoms with Crippen molar-refractivity contribution in [3.8, 4) is 0 Å². The van der Waals surface area contributed by atoms with Crippen LogP contribution in [0.1, 0.15) is 25.0 Å². The van der Waals surface area contributed by atoms with Crippen LogP contribution in [-0.2, 0) is 28.0 Å². The van der Waals surface area contributed by atoms with E-state index >= 15 is 0 Å². The summed E-state index contributed by atoms with van der Waals surface area (Å²) < 4.78 is 69.9. The Morgan fingerprint density at radius 2 is 2.22 bits per heavy atom. The standard InChI is InChI=1S/C12H18F3N3O4S/c1-18-10(7-9(17-18)12(13,14)15)23(20,21)16-5-4-11(19)3-2-6-22-8-11/h7,16,19H,2-6,8H2,1H3/t11-/m1/s1. The molecule has 0 bridgehead atoms. The lowest BCUT2D eigenvalue weighted by Crippen LogP contribution is -2.42. The molecular weight excluding hydrogens is 339 g/mol. The largest absolute Gasteiger partial charge is 0.435 e. The number of aryl methyl sites for hydroxylation is 1. The molecule has 2 N–H and O–H groups in total. The maximum Gasteiger partial charge on any atom is 0.435 e. The molecule has 0 radical (unpaired) electrons. The maximum atomic E-state index is 12.6. The molecule has 1 aromatic rings. The van der Waals surface area contributed by atoms with Gasteiger partial charge >= 0.3 is 6.18 Å². The summed E-state index contributed by atoms with van der Waals surface area (Å²) in [6, 6.07) is 0.473. The molecule has 1 fully saturated rings. The van der Waals surface area contributed by atoms with Crippen LogP contribution in [0.2, 0.25) is 0 Å². The second-order valence-corrected chi connectivity index (χ2v) is 7.23. The molecule has 0 aromatic carbocycles. The second-order valence-electron chi connectivity index (χ2n) is 5.52. The van der Waals surface area contributed by atoms with Gasteiger partial charge in [-0.25, -0.2) is 13.1 Å². The highest BCUT2D eigenvalue weighted by atomic mass is 32.2. The zero-order valence-corrected chi connectivity index (χ0v) is 13.2. The van der Waals surface area contributed by atoms with Crippen molar-refractivity contribution < 1.29 is 31.4 Å². The van der Waals surface area contributed by atoms with Crippen LogP contribution < -0.4 is 4.72 Å². The average molecular weight is 357 g/mol. The number of nitrogens with zero attached hydrogens (tertiary/aromatic N) is 2. The summed E-state index contributed by atoms with van der Waals surface area (Å²) in [5.74, 6) is 0. The lowest BCUT2D eigenvalue weighted by molar-refractivity contribution is -0.141. The van der Waals surface area contributed by atoms with Crippen molar-refractivity contribution in [2.24, 2.45) is 7.05 Å². The molecule has 0 spiro atoms. The Hall–Kier alpha value is -1.17. The van der Waals surface area contributed by atoms with E-state index in [1.165, 1.54) is 0 Å².